The Balaban J connectivity index is 1.99. The van der Waals surface area contributed by atoms with Crippen LogP contribution in [0.2, 0.25) is 0 Å². The lowest BCUT2D eigenvalue weighted by atomic mass is 10.00. The third kappa shape index (κ3) is 2.46. The number of fused-ring (bicyclic) bond motifs is 1. The smallest absolute Gasteiger partial charge is 0.227 e. The fourth-order valence-corrected chi connectivity index (χ4v) is 2.59. The minimum atomic E-state index is -0.514. The van der Waals surface area contributed by atoms with Gasteiger partial charge in [0.2, 0.25) is 5.91 Å². The van der Waals surface area contributed by atoms with E-state index in [2.05, 4.69) is 0 Å². The molecule has 0 fully saturated rings. The number of aryl methyl sites for hydroxylation is 1. The van der Waals surface area contributed by atoms with Crippen molar-refractivity contribution in [2.75, 3.05) is 10.6 Å². The second kappa shape index (κ2) is 5.16. The Bertz CT molecular complexity index is 715. The van der Waals surface area contributed by atoms with Crippen molar-refractivity contribution in [2.45, 2.75) is 19.4 Å². The number of rotatable bonds is 2. The molecule has 1 aliphatic rings. The molecule has 0 aromatic heterocycles. The van der Waals surface area contributed by atoms with Crippen LogP contribution in [-0.2, 0) is 17.8 Å². The maximum absolute atomic E-state index is 14.0. The second-order valence-corrected chi connectivity index (χ2v) is 5.07. The summed E-state index contributed by atoms with van der Waals surface area (Å²) in [6.45, 7) is 0.0916. The number of nitrogens with zero attached hydrogens (tertiary/aromatic N) is 1. The molecule has 2 aromatic rings. The van der Waals surface area contributed by atoms with Crippen LogP contribution in [0.3, 0.4) is 0 Å². The summed E-state index contributed by atoms with van der Waals surface area (Å²) in [5, 5.41) is 0. The Hall–Kier alpha value is -2.43. The third-order valence-electron chi connectivity index (χ3n) is 3.68. The van der Waals surface area contributed by atoms with Gasteiger partial charge in [0.05, 0.1) is 12.2 Å². The van der Waals surface area contributed by atoms with E-state index >= 15 is 0 Å². The number of hydrogen-bond acceptors (Lipinski definition) is 2. The van der Waals surface area contributed by atoms with Gasteiger partial charge in [-0.05, 0) is 36.2 Å². The summed E-state index contributed by atoms with van der Waals surface area (Å²) < 4.78 is 27.3. The fourth-order valence-electron chi connectivity index (χ4n) is 2.59. The number of carbonyl (C=O) groups is 1. The normalized spacial score (nSPS) is 14.2. The lowest BCUT2D eigenvalue weighted by molar-refractivity contribution is -0.119. The summed E-state index contributed by atoms with van der Waals surface area (Å²) in [4.78, 5) is 13.6. The van der Waals surface area contributed by atoms with Crippen molar-refractivity contribution < 1.29 is 13.6 Å². The molecule has 3 nitrogen and oxygen atoms in total. The lowest BCUT2D eigenvalue weighted by Gasteiger charge is -2.29. The van der Waals surface area contributed by atoms with Gasteiger partial charge in [0, 0.05) is 17.7 Å². The zero-order valence-electron chi connectivity index (χ0n) is 11.3. The van der Waals surface area contributed by atoms with E-state index in [9.17, 15) is 13.6 Å². The molecular formula is C16H14F2N2O. The van der Waals surface area contributed by atoms with E-state index in [1.165, 1.54) is 23.1 Å². The molecule has 0 bridgehead atoms. The van der Waals surface area contributed by atoms with Crippen LogP contribution in [-0.4, -0.2) is 5.91 Å². The molecule has 21 heavy (non-hydrogen) atoms. The summed E-state index contributed by atoms with van der Waals surface area (Å²) in [6.07, 6.45) is 0.794. The highest BCUT2D eigenvalue weighted by molar-refractivity contribution is 5.96. The molecule has 1 heterocycles. The Morgan fingerprint density at radius 1 is 1.14 bits per heavy atom. The molecule has 2 N–H and O–H groups in total. The van der Waals surface area contributed by atoms with Crippen molar-refractivity contribution in [3.05, 3.63) is 59.2 Å². The average Bonchev–Trinajstić information content (AvgIpc) is 2.46. The topological polar surface area (TPSA) is 46.3 Å². The summed E-state index contributed by atoms with van der Waals surface area (Å²) in [6, 6.07) is 9.00. The van der Waals surface area contributed by atoms with Crippen LogP contribution < -0.4 is 10.6 Å². The first-order valence-corrected chi connectivity index (χ1v) is 6.68. The molecule has 0 unspecified atom stereocenters. The number of nitrogen functional groups attached to an aromatic ring is 1. The van der Waals surface area contributed by atoms with Crippen molar-refractivity contribution in [1.29, 1.82) is 0 Å². The third-order valence-corrected chi connectivity index (χ3v) is 3.68. The van der Waals surface area contributed by atoms with Crippen molar-refractivity contribution in [1.82, 2.24) is 0 Å². The Kier molecular flexibility index (Phi) is 3.33. The Morgan fingerprint density at radius 2 is 1.95 bits per heavy atom. The van der Waals surface area contributed by atoms with E-state index in [1.54, 1.807) is 18.2 Å². The maximum atomic E-state index is 14.0. The minimum Gasteiger partial charge on any atom is -0.396 e. The number of benzene rings is 2. The zero-order chi connectivity index (χ0) is 15.0. The largest absolute Gasteiger partial charge is 0.396 e. The van der Waals surface area contributed by atoms with Gasteiger partial charge in [-0.1, -0.05) is 12.1 Å². The molecule has 1 amide bonds. The number of nitrogens with two attached hydrogens (primary N) is 1. The molecule has 0 radical (unpaired) electrons. The van der Waals surface area contributed by atoms with Gasteiger partial charge in [0.25, 0.3) is 0 Å². The molecule has 2 aromatic carbocycles. The second-order valence-electron chi connectivity index (χ2n) is 5.07. The molecule has 3 rings (SSSR count). The van der Waals surface area contributed by atoms with E-state index in [4.69, 9.17) is 5.73 Å². The summed E-state index contributed by atoms with van der Waals surface area (Å²) >= 11 is 0. The number of anilines is 2. The summed E-state index contributed by atoms with van der Waals surface area (Å²) in [5.74, 6) is -0.950. The van der Waals surface area contributed by atoms with E-state index in [-0.39, 0.29) is 24.0 Å². The lowest BCUT2D eigenvalue weighted by Crippen LogP contribution is -2.34. The molecule has 0 aliphatic carbocycles. The predicted molar refractivity (Wildman–Crippen MR) is 76.7 cm³/mol. The van der Waals surface area contributed by atoms with E-state index in [1.807, 2.05) is 0 Å². The van der Waals surface area contributed by atoms with Crippen LogP contribution >= 0.6 is 0 Å². The van der Waals surface area contributed by atoms with Gasteiger partial charge in [-0.25, -0.2) is 8.78 Å². The summed E-state index contributed by atoms with van der Waals surface area (Å²) in [7, 11) is 0. The molecule has 0 spiro atoms. The predicted octanol–water partition coefficient (Wildman–Crippen LogP) is 3.03. The van der Waals surface area contributed by atoms with Crippen LogP contribution in [0.4, 0.5) is 20.2 Å². The van der Waals surface area contributed by atoms with Crippen molar-refractivity contribution >= 4 is 17.3 Å². The van der Waals surface area contributed by atoms with E-state index in [0.717, 1.165) is 5.56 Å². The highest BCUT2D eigenvalue weighted by Gasteiger charge is 2.25. The maximum Gasteiger partial charge on any atom is 0.227 e. The van der Waals surface area contributed by atoms with Gasteiger partial charge in [-0.3, -0.25) is 4.79 Å². The zero-order valence-corrected chi connectivity index (χ0v) is 11.3. The molecule has 0 saturated heterocycles. The highest BCUT2D eigenvalue weighted by Crippen LogP contribution is 2.30. The number of hydrogen-bond donors (Lipinski definition) is 1. The first kappa shape index (κ1) is 13.5. The average molecular weight is 288 g/mol. The standard InChI is InChI=1S/C16H14F2N2O/c17-12-5-6-14-10(8-12)4-7-15(21)20(14)9-11-2-1-3-13(19)16(11)18/h1-3,5-6,8H,4,7,9,19H2. The van der Waals surface area contributed by atoms with Crippen molar-refractivity contribution in [3.63, 3.8) is 0 Å². The van der Waals surface area contributed by atoms with E-state index in [0.29, 0.717) is 24.1 Å². The first-order chi connectivity index (χ1) is 10.1. The van der Waals surface area contributed by atoms with E-state index < -0.39 is 5.82 Å². The van der Waals surface area contributed by atoms with Gasteiger partial charge < -0.3 is 10.6 Å². The Morgan fingerprint density at radius 3 is 2.76 bits per heavy atom. The van der Waals surface area contributed by atoms with Crippen LogP contribution in [0.1, 0.15) is 17.5 Å². The molecular weight excluding hydrogens is 274 g/mol. The van der Waals surface area contributed by atoms with Crippen molar-refractivity contribution in [3.8, 4) is 0 Å². The minimum absolute atomic E-state index is 0.0521. The Labute approximate surface area is 121 Å². The van der Waals surface area contributed by atoms with Gasteiger partial charge >= 0.3 is 0 Å². The van der Waals surface area contributed by atoms with Crippen LogP contribution in [0.15, 0.2) is 36.4 Å². The molecule has 0 atom stereocenters. The van der Waals surface area contributed by atoms with Crippen LogP contribution in [0.25, 0.3) is 0 Å². The molecule has 1 aliphatic heterocycles. The van der Waals surface area contributed by atoms with Gasteiger partial charge in [0.1, 0.15) is 5.82 Å². The van der Waals surface area contributed by atoms with Gasteiger partial charge in [-0.15, -0.1) is 0 Å². The van der Waals surface area contributed by atoms with Gasteiger partial charge in [-0.2, -0.15) is 0 Å². The summed E-state index contributed by atoms with van der Waals surface area (Å²) in [5.41, 5.74) is 7.34. The van der Waals surface area contributed by atoms with Crippen LogP contribution in [0, 0.1) is 11.6 Å². The molecule has 5 heteroatoms. The van der Waals surface area contributed by atoms with Crippen molar-refractivity contribution in [2.24, 2.45) is 0 Å². The number of carbonyl (C=O) groups excluding carboxylic acids is 1. The molecule has 0 saturated carbocycles. The SMILES string of the molecule is Nc1cccc(CN2C(=O)CCc3cc(F)ccc32)c1F. The molecule has 108 valence electrons. The van der Waals surface area contributed by atoms with Crippen LogP contribution in [0.5, 0.6) is 0 Å². The quantitative estimate of drug-likeness (QED) is 0.863. The first-order valence-electron chi connectivity index (χ1n) is 6.68. The number of amides is 1. The fraction of sp³-hybridized carbons (Fsp3) is 0.188. The van der Waals surface area contributed by atoms with Gasteiger partial charge in [0.15, 0.2) is 5.82 Å². The highest BCUT2D eigenvalue weighted by atomic mass is 19.1. The monoisotopic (exact) mass is 288 g/mol. The number of halogens is 2.